The Balaban J connectivity index is 1.89. The van der Waals surface area contributed by atoms with E-state index in [0.29, 0.717) is 22.5 Å². The molecule has 2 aromatic rings. The molecule has 0 aromatic heterocycles. The Morgan fingerprint density at radius 1 is 1.33 bits per heavy atom. The average molecular weight is 403 g/mol. The van der Waals surface area contributed by atoms with Crippen LogP contribution in [0, 0.1) is 5.92 Å². The zero-order valence-electron chi connectivity index (χ0n) is 14.9. The second-order valence-electron chi connectivity index (χ2n) is 6.67. The van der Waals surface area contributed by atoms with Crippen LogP contribution in [0.25, 0.3) is 0 Å². The number of halogens is 1. The van der Waals surface area contributed by atoms with Crippen molar-refractivity contribution in [1.29, 1.82) is 0 Å². The number of benzene rings is 2. The average Bonchev–Trinajstić information content (AvgIpc) is 2.61. The Kier molecular flexibility index (Phi) is 4.48. The Morgan fingerprint density at radius 2 is 2.11 bits per heavy atom. The summed E-state index contributed by atoms with van der Waals surface area (Å²) in [6.45, 7) is 3.95. The first-order valence-electron chi connectivity index (χ1n) is 8.76. The third-order valence-electron chi connectivity index (χ3n) is 5.01. The van der Waals surface area contributed by atoms with Gasteiger partial charge in [-0.05, 0) is 50.3 Å². The molecule has 4 rings (SSSR count). The molecule has 7 heteroatoms. The Labute approximate surface area is 168 Å². The summed E-state index contributed by atoms with van der Waals surface area (Å²) < 4.78 is 11.8. The largest absolute Gasteiger partial charge is 0.466 e. The summed E-state index contributed by atoms with van der Waals surface area (Å²) in [6, 6.07) is 14.6. The summed E-state index contributed by atoms with van der Waals surface area (Å²) in [4.78, 5) is 14.7. The van der Waals surface area contributed by atoms with Gasteiger partial charge in [0.25, 0.3) is 0 Å². The van der Waals surface area contributed by atoms with E-state index in [1.807, 2.05) is 48.2 Å². The highest BCUT2D eigenvalue weighted by Crippen LogP contribution is 2.49. The maximum absolute atomic E-state index is 12.9. The molecule has 1 saturated heterocycles. The topological polar surface area (TPSA) is 50.8 Å². The molecule has 2 bridgehead atoms. The molecule has 0 radical (unpaired) electrons. The van der Waals surface area contributed by atoms with Crippen molar-refractivity contribution in [2.45, 2.75) is 25.6 Å². The quantitative estimate of drug-likeness (QED) is 0.617. The number of nitrogens with one attached hydrogen (secondary N) is 1. The van der Waals surface area contributed by atoms with Crippen LogP contribution in [0.2, 0.25) is 5.02 Å². The van der Waals surface area contributed by atoms with Crippen molar-refractivity contribution in [3.05, 3.63) is 59.1 Å². The fourth-order valence-electron chi connectivity index (χ4n) is 3.93. The SMILES string of the molecule is CCOC(=O)[C@H]1[C@H]2NC(=S)N(c3cccc(Cl)c3)[C@]1(C)Oc1ccccc12. The molecule has 27 heavy (non-hydrogen) atoms. The number of carbonyl (C=O) groups is 1. The number of thiocarbonyl (C=S) groups is 1. The van der Waals surface area contributed by atoms with Gasteiger partial charge in [0.2, 0.25) is 5.72 Å². The van der Waals surface area contributed by atoms with Crippen LogP contribution in [0.5, 0.6) is 5.75 Å². The molecule has 3 atom stereocenters. The van der Waals surface area contributed by atoms with Gasteiger partial charge in [-0.2, -0.15) is 0 Å². The second kappa shape index (κ2) is 6.69. The summed E-state index contributed by atoms with van der Waals surface area (Å²) >= 11 is 11.8. The third-order valence-corrected chi connectivity index (χ3v) is 5.55. The molecule has 0 spiro atoms. The van der Waals surface area contributed by atoms with E-state index in [9.17, 15) is 4.79 Å². The molecule has 5 nitrogen and oxygen atoms in total. The zero-order valence-corrected chi connectivity index (χ0v) is 16.5. The van der Waals surface area contributed by atoms with Gasteiger partial charge in [0.05, 0.1) is 12.6 Å². The van der Waals surface area contributed by atoms with Crippen LogP contribution in [0.1, 0.15) is 25.5 Å². The summed E-state index contributed by atoms with van der Waals surface area (Å²) in [5.74, 6) is -0.230. The lowest BCUT2D eigenvalue weighted by molar-refractivity contribution is -0.159. The van der Waals surface area contributed by atoms with Crippen molar-refractivity contribution < 1.29 is 14.3 Å². The first kappa shape index (κ1) is 18.1. The minimum absolute atomic E-state index is 0.293. The normalized spacial score (nSPS) is 25.9. The summed E-state index contributed by atoms with van der Waals surface area (Å²) in [6.07, 6.45) is 0. The molecule has 1 N–H and O–H groups in total. The van der Waals surface area contributed by atoms with Gasteiger partial charge in [0, 0.05) is 16.3 Å². The van der Waals surface area contributed by atoms with E-state index in [4.69, 9.17) is 33.3 Å². The van der Waals surface area contributed by atoms with Crippen molar-refractivity contribution in [2.24, 2.45) is 5.92 Å². The highest BCUT2D eigenvalue weighted by molar-refractivity contribution is 7.80. The van der Waals surface area contributed by atoms with Gasteiger partial charge >= 0.3 is 5.97 Å². The smallest absolute Gasteiger partial charge is 0.317 e. The standard InChI is InChI=1S/C20H19ClN2O3S/c1-3-25-18(24)16-17-14-9-4-5-10-15(14)26-20(16,2)23(19(27)22-17)13-8-6-7-12(21)11-13/h4-11,16-17H,3H2,1-2H3,(H,22,27)/t16-,17+,20-/m1/s1. The van der Waals surface area contributed by atoms with E-state index in [1.165, 1.54) is 0 Å². The molecule has 1 fully saturated rings. The van der Waals surface area contributed by atoms with Crippen molar-refractivity contribution in [3.63, 3.8) is 0 Å². The van der Waals surface area contributed by atoms with Crippen LogP contribution < -0.4 is 15.0 Å². The van der Waals surface area contributed by atoms with Crippen LogP contribution in [-0.2, 0) is 9.53 Å². The number of ether oxygens (including phenoxy) is 2. The minimum atomic E-state index is -1.06. The first-order valence-corrected chi connectivity index (χ1v) is 9.55. The van der Waals surface area contributed by atoms with E-state index in [0.717, 1.165) is 11.3 Å². The predicted octanol–water partition coefficient (Wildman–Crippen LogP) is 4.06. The number of fused-ring (bicyclic) bond motifs is 4. The van der Waals surface area contributed by atoms with Crippen LogP contribution in [0.15, 0.2) is 48.5 Å². The number of hydrogen-bond donors (Lipinski definition) is 1. The summed E-state index contributed by atoms with van der Waals surface area (Å²) in [5, 5.41) is 4.37. The monoisotopic (exact) mass is 402 g/mol. The van der Waals surface area contributed by atoms with E-state index >= 15 is 0 Å². The summed E-state index contributed by atoms with van der Waals surface area (Å²) in [5.41, 5.74) is 0.578. The van der Waals surface area contributed by atoms with Gasteiger partial charge in [-0.3, -0.25) is 9.69 Å². The molecule has 0 amide bonds. The summed E-state index contributed by atoms with van der Waals surface area (Å²) in [7, 11) is 0. The fraction of sp³-hybridized carbons (Fsp3) is 0.300. The predicted molar refractivity (Wildman–Crippen MR) is 108 cm³/mol. The molecule has 2 aliphatic rings. The first-order chi connectivity index (χ1) is 13.0. The lowest BCUT2D eigenvalue weighted by Gasteiger charge is -2.55. The van der Waals surface area contributed by atoms with Gasteiger partial charge in [0.1, 0.15) is 11.7 Å². The lowest BCUT2D eigenvalue weighted by Crippen LogP contribution is -2.71. The van der Waals surface area contributed by atoms with E-state index in [1.54, 1.807) is 19.1 Å². The van der Waals surface area contributed by atoms with Crippen LogP contribution in [0.3, 0.4) is 0 Å². The maximum atomic E-state index is 12.9. The molecule has 140 valence electrons. The Hall–Kier alpha value is -2.31. The maximum Gasteiger partial charge on any atom is 0.317 e. The number of hydrogen-bond acceptors (Lipinski definition) is 4. The highest BCUT2D eigenvalue weighted by Gasteiger charge is 2.59. The number of carbonyl (C=O) groups excluding carboxylic acids is 1. The third kappa shape index (κ3) is 2.84. The van der Waals surface area contributed by atoms with Crippen molar-refractivity contribution in [1.82, 2.24) is 5.32 Å². The number of para-hydroxylation sites is 1. The van der Waals surface area contributed by atoms with Gasteiger partial charge in [-0.15, -0.1) is 0 Å². The van der Waals surface area contributed by atoms with Crippen LogP contribution >= 0.6 is 23.8 Å². The van der Waals surface area contributed by atoms with Crippen molar-refractivity contribution >= 4 is 40.6 Å². The second-order valence-corrected chi connectivity index (χ2v) is 7.49. The van der Waals surface area contributed by atoms with Gasteiger partial charge < -0.3 is 14.8 Å². The van der Waals surface area contributed by atoms with Crippen molar-refractivity contribution in [3.8, 4) is 5.75 Å². The number of esters is 1. The molecular weight excluding hydrogens is 384 g/mol. The highest BCUT2D eigenvalue weighted by atomic mass is 35.5. The van der Waals surface area contributed by atoms with Gasteiger partial charge in [-0.25, -0.2) is 0 Å². The molecule has 0 unspecified atom stereocenters. The Morgan fingerprint density at radius 3 is 2.85 bits per heavy atom. The molecular formula is C20H19ClN2O3S. The van der Waals surface area contributed by atoms with Gasteiger partial charge in [-0.1, -0.05) is 35.9 Å². The Bertz CT molecular complexity index is 922. The molecule has 2 heterocycles. The molecule has 0 saturated carbocycles. The van der Waals surface area contributed by atoms with E-state index < -0.39 is 11.6 Å². The van der Waals surface area contributed by atoms with Gasteiger partial charge in [0.15, 0.2) is 5.11 Å². The van der Waals surface area contributed by atoms with Crippen molar-refractivity contribution in [2.75, 3.05) is 11.5 Å². The lowest BCUT2D eigenvalue weighted by atomic mass is 9.79. The van der Waals surface area contributed by atoms with Crippen LogP contribution in [0.4, 0.5) is 5.69 Å². The fourth-order valence-corrected chi connectivity index (χ4v) is 4.52. The van der Waals surface area contributed by atoms with E-state index in [-0.39, 0.29) is 12.0 Å². The number of anilines is 1. The van der Waals surface area contributed by atoms with Crippen LogP contribution in [-0.4, -0.2) is 23.4 Å². The van der Waals surface area contributed by atoms with E-state index in [2.05, 4.69) is 5.32 Å². The zero-order chi connectivity index (χ0) is 19.2. The number of nitrogens with zero attached hydrogens (tertiary/aromatic N) is 1. The number of rotatable bonds is 3. The molecule has 2 aromatic carbocycles. The minimum Gasteiger partial charge on any atom is -0.466 e. The molecule has 0 aliphatic carbocycles. The molecule has 2 aliphatic heterocycles.